The van der Waals surface area contributed by atoms with Gasteiger partial charge in [-0.05, 0) is 54.8 Å². The van der Waals surface area contributed by atoms with Gasteiger partial charge >= 0.3 is 0 Å². The lowest BCUT2D eigenvalue weighted by Crippen LogP contribution is -2.27. The first-order valence-electron chi connectivity index (χ1n) is 8.48. The van der Waals surface area contributed by atoms with Crippen LogP contribution in [0.3, 0.4) is 0 Å². The topological polar surface area (TPSA) is 58.6 Å². The first-order chi connectivity index (χ1) is 12.2. The van der Waals surface area contributed by atoms with Crippen molar-refractivity contribution >= 4 is 17.5 Å². The highest BCUT2D eigenvalue weighted by atomic mass is 16.5. The SMILES string of the molecule is COc1ccc(CC(=O)Nc2ccc(C(=O)N3CCCC3)cc2)cc1. The van der Waals surface area contributed by atoms with Gasteiger partial charge in [-0.2, -0.15) is 0 Å². The minimum atomic E-state index is -0.0937. The zero-order chi connectivity index (χ0) is 17.6. The molecule has 0 saturated carbocycles. The van der Waals surface area contributed by atoms with Crippen molar-refractivity contribution in [3.8, 4) is 5.75 Å². The number of benzene rings is 2. The number of ether oxygens (including phenoxy) is 1. The van der Waals surface area contributed by atoms with Crippen LogP contribution in [0.15, 0.2) is 48.5 Å². The number of hydrogen-bond acceptors (Lipinski definition) is 3. The number of carbonyl (C=O) groups is 2. The number of rotatable bonds is 5. The number of anilines is 1. The van der Waals surface area contributed by atoms with Crippen molar-refractivity contribution in [2.75, 3.05) is 25.5 Å². The fraction of sp³-hybridized carbons (Fsp3) is 0.300. The third kappa shape index (κ3) is 4.38. The van der Waals surface area contributed by atoms with E-state index in [1.807, 2.05) is 29.2 Å². The molecule has 0 atom stereocenters. The van der Waals surface area contributed by atoms with Crippen molar-refractivity contribution in [3.63, 3.8) is 0 Å². The van der Waals surface area contributed by atoms with Crippen LogP contribution in [0.2, 0.25) is 0 Å². The largest absolute Gasteiger partial charge is 0.497 e. The van der Waals surface area contributed by atoms with Crippen LogP contribution in [-0.4, -0.2) is 36.9 Å². The predicted molar refractivity (Wildman–Crippen MR) is 96.9 cm³/mol. The molecular formula is C20H22N2O3. The van der Waals surface area contributed by atoms with Crippen molar-refractivity contribution in [3.05, 3.63) is 59.7 Å². The molecule has 1 aliphatic rings. The Bertz CT molecular complexity index is 733. The second-order valence-electron chi connectivity index (χ2n) is 6.15. The van der Waals surface area contributed by atoms with Crippen LogP contribution >= 0.6 is 0 Å². The predicted octanol–water partition coefficient (Wildman–Crippen LogP) is 3.11. The summed E-state index contributed by atoms with van der Waals surface area (Å²) in [6, 6.07) is 14.5. The van der Waals surface area contributed by atoms with E-state index in [0.717, 1.165) is 37.2 Å². The summed E-state index contributed by atoms with van der Waals surface area (Å²) in [5, 5.41) is 2.86. The summed E-state index contributed by atoms with van der Waals surface area (Å²) in [5.41, 5.74) is 2.27. The number of likely N-dealkylation sites (tertiary alicyclic amines) is 1. The van der Waals surface area contributed by atoms with Crippen LogP contribution in [0.25, 0.3) is 0 Å². The highest BCUT2D eigenvalue weighted by molar-refractivity contribution is 5.96. The van der Waals surface area contributed by atoms with E-state index >= 15 is 0 Å². The van der Waals surface area contributed by atoms with E-state index in [0.29, 0.717) is 17.7 Å². The molecule has 3 rings (SSSR count). The molecule has 1 heterocycles. The zero-order valence-electron chi connectivity index (χ0n) is 14.3. The van der Waals surface area contributed by atoms with Crippen LogP contribution < -0.4 is 10.1 Å². The smallest absolute Gasteiger partial charge is 0.253 e. The average Bonchev–Trinajstić information content (AvgIpc) is 3.17. The number of nitrogens with one attached hydrogen (secondary N) is 1. The van der Waals surface area contributed by atoms with Gasteiger partial charge in [-0.3, -0.25) is 9.59 Å². The number of amides is 2. The molecule has 1 saturated heterocycles. The molecule has 130 valence electrons. The first-order valence-corrected chi connectivity index (χ1v) is 8.48. The fourth-order valence-corrected chi connectivity index (χ4v) is 2.93. The Morgan fingerprint density at radius 1 is 1.00 bits per heavy atom. The molecule has 1 N–H and O–H groups in total. The summed E-state index contributed by atoms with van der Waals surface area (Å²) in [4.78, 5) is 26.3. The lowest BCUT2D eigenvalue weighted by Gasteiger charge is -2.15. The highest BCUT2D eigenvalue weighted by Crippen LogP contribution is 2.16. The van der Waals surface area contributed by atoms with Crippen molar-refractivity contribution < 1.29 is 14.3 Å². The number of nitrogens with zero attached hydrogens (tertiary/aromatic N) is 1. The van der Waals surface area contributed by atoms with E-state index in [4.69, 9.17) is 4.74 Å². The molecule has 0 aliphatic carbocycles. The van der Waals surface area contributed by atoms with Gasteiger partial charge in [0.15, 0.2) is 0 Å². The second-order valence-corrected chi connectivity index (χ2v) is 6.15. The van der Waals surface area contributed by atoms with E-state index < -0.39 is 0 Å². The lowest BCUT2D eigenvalue weighted by molar-refractivity contribution is -0.115. The normalized spacial score (nSPS) is 13.6. The van der Waals surface area contributed by atoms with Crippen LogP contribution in [0, 0.1) is 0 Å². The summed E-state index contributed by atoms with van der Waals surface area (Å²) in [6.07, 6.45) is 2.44. The highest BCUT2D eigenvalue weighted by Gasteiger charge is 2.19. The van der Waals surface area contributed by atoms with Crippen LogP contribution in [-0.2, 0) is 11.2 Å². The molecule has 0 unspecified atom stereocenters. The number of carbonyl (C=O) groups excluding carboxylic acids is 2. The lowest BCUT2D eigenvalue weighted by atomic mass is 10.1. The van der Waals surface area contributed by atoms with Gasteiger partial charge in [-0.15, -0.1) is 0 Å². The van der Waals surface area contributed by atoms with E-state index in [9.17, 15) is 9.59 Å². The molecule has 5 nitrogen and oxygen atoms in total. The molecule has 0 aromatic heterocycles. The number of hydrogen-bond donors (Lipinski definition) is 1. The molecule has 1 aliphatic heterocycles. The van der Waals surface area contributed by atoms with Gasteiger partial charge in [0, 0.05) is 24.3 Å². The maximum Gasteiger partial charge on any atom is 0.253 e. The third-order valence-electron chi connectivity index (χ3n) is 4.33. The molecule has 0 bridgehead atoms. The van der Waals surface area contributed by atoms with Gasteiger partial charge in [0.2, 0.25) is 5.91 Å². The summed E-state index contributed by atoms with van der Waals surface area (Å²) < 4.78 is 5.11. The summed E-state index contributed by atoms with van der Waals surface area (Å²) >= 11 is 0. The fourth-order valence-electron chi connectivity index (χ4n) is 2.93. The minimum absolute atomic E-state index is 0.0635. The van der Waals surface area contributed by atoms with Gasteiger partial charge < -0.3 is 15.0 Å². The zero-order valence-corrected chi connectivity index (χ0v) is 14.3. The standard InChI is InChI=1S/C20H22N2O3/c1-25-18-10-4-15(5-11-18)14-19(23)21-17-8-6-16(7-9-17)20(24)22-12-2-3-13-22/h4-11H,2-3,12-14H2,1H3,(H,21,23). The molecule has 5 heteroatoms. The van der Waals surface area contributed by atoms with Crippen molar-refractivity contribution in [2.24, 2.45) is 0 Å². The monoisotopic (exact) mass is 338 g/mol. The van der Waals surface area contributed by atoms with E-state index in [1.165, 1.54) is 0 Å². The van der Waals surface area contributed by atoms with Gasteiger partial charge in [0.05, 0.1) is 13.5 Å². The van der Waals surface area contributed by atoms with Crippen LogP contribution in [0.5, 0.6) is 5.75 Å². The van der Waals surface area contributed by atoms with Gasteiger partial charge in [-0.1, -0.05) is 12.1 Å². The quantitative estimate of drug-likeness (QED) is 0.911. The maximum atomic E-state index is 12.3. The van der Waals surface area contributed by atoms with Gasteiger partial charge in [-0.25, -0.2) is 0 Å². The molecule has 25 heavy (non-hydrogen) atoms. The van der Waals surface area contributed by atoms with Crippen molar-refractivity contribution in [1.82, 2.24) is 4.90 Å². The first kappa shape index (κ1) is 17.0. The Morgan fingerprint density at radius 2 is 1.64 bits per heavy atom. The minimum Gasteiger partial charge on any atom is -0.497 e. The van der Waals surface area contributed by atoms with Crippen LogP contribution in [0.1, 0.15) is 28.8 Å². The molecule has 0 spiro atoms. The van der Waals surface area contributed by atoms with Crippen LogP contribution in [0.4, 0.5) is 5.69 Å². The third-order valence-corrected chi connectivity index (χ3v) is 4.33. The molecule has 2 amide bonds. The molecule has 2 aromatic rings. The summed E-state index contributed by atoms with van der Waals surface area (Å²) in [6.45, 7) is 1.67. The second kappa shape index (κ2) is 7.83. The Balaban J connectivity index is 1.56. The Morgan fingerprint density at radius 3 is 2.24 bits per heavy atom. The Hall–Kier alpha value is -2.82. The molecular weight excluding hydrogens is 316 g/mol. The molecule has 1 fully saturated rings. The van der Waals surface area contributed by atoms with Gasteiger partial charge in [0.1, 0.15) is 5.75 Å². The maximum absolute atomic E-state index is 12.3. The van der Waals surface area contributed by atoms with Gasteiger partial charge in [0.25, 0.3) is 5.91 Å². The average molecular weight is 338 g/mol. The summed E-state index contributed by atoms with van der Waals surface area (Å²) in [7, 11) is 1.61. The molecule has 2 aromatic carbocycles. The van der Waals surface area contributed by atoms with E-state index in [1.54, 1.807) is 31.4 Å². The van der Waals surface area contributed by atoms with E-state index in [2.05, 4.69) is 5.32 Å². The molecule has 0 radical (unpaired) electrons. The van der Waals surface area contributed by atoms with E-state index in [-0.39, 0.29) is 11.8 Å². The Kier molecular flexibility index (Phi) is 5.33. The Labute approximate surface area is 147 Å². The van der Waals surface area contributed by atoms with Crippen molar-refractivity contribution in [2.45, 2.75) is 19.3 Å². The summed E-state index contributed by atoms with van der Waals surface area (Å²) in [5.74, 6) is 0.736. The number of methoxy groups -OCH3 is 1. The van der Waals surface area contributed by atoms with Crippen molar-refractivity contribution in [1.29, 1.82) is 0 Å².